The van der Waals surface area contributed by atoms with Gasteiger partial charge in [0.15, 0.2) is 0 Å². The summed E-state index contributed by atoms with van der Waals surface area (Å²) in [7, 11) is 2.54. The lowest BCUT2D eigenvalue weighted by Crippen LogP contribution is -2.51. The number of pyridine rings is 1. The fourth-order valence-electron chi connectivity index (χ4n) is 7.35. The summed E-state index contributed by atoms with van der Waals surface area (Å²) in [5.74, 6) is 0.646. The number of H-pyrrole nitrogens is 2. The lowest BCUT2D eigenvalue weighted by atomic mass is 10.0. The molecule has 1 unspecified atom stereocenters. The van der Waals surface area contributed by atoms with Crippen LogP contribution in [-0.4, -0.2) is 97.7 Å². The van der Waals surface area contributed by atoms with Gasteiger partial charge in [-0.1, -0.05) is 39.8 Å². The molecule has 292 valence electrons. The maximum atomic E-state index is 13.5. The minimum atomic E-state index is -0.733. The zero-order valence-electron chi connectivity index (χ0n) is 32.0. The quantitative estimate of drug-likeness (QED) is 0.168. The lowest BCUT2D eigenvalue weighted by molar-refractivity contribution is -0.136. The Bertz CT molecular complexity index is 2070. The summed E-state index contributed by atoms with van der Waals surface area (Å²) >= 11 is 0. The number of aromatic nitrogens is 5. The number of imidazole rings is 2. The molecule has 2 saturated heterocycles. The van der Waals surface area contributed by atoms with Gasteiger partial charge in [-0.15, -0.1) is 0 Å². The molecule has 0 radical (unpaired) electrons. The van der Waals surface area contributed by atoms with Crippen molar-refractivity contribution in [1.29, 1.82) is 0 Å². The molecule has 0 saturated carbocycles. The first-order valence-corrected chi connectivity index (χ1v) is 18.6. The second-order valence-electron chi connectivity index (χ2n) is 14.6. The number of benzene rings is 1. The molecule has 5 heterocycles. The molecule has 55 heavy (non-hydrogen) atoms. The first kappa shape index (κ1) is 38.8. The lowest BCUT2D eigenvalue weighted by Gasteiger charge is -2.30. The van der Waals surface area contributed by atoms with Crippen LogP contribution in [0.25, 0.3) is 28.2 Å². The molecule has 2 fully saturated rings. The van der Waals surface area contributed by atoms with Crippen molar-refractivity contribution in [3.63, 3.8) is 0 Å². The number of methoxy groups -OCH3 is 2. The van der Waals surface area contributed by atoms with Crippen molar-refractivity contribution in [2.75, 3.05) is 27.3 Å². The van der Waals surface area contributed by atoms with Crippen LogP contribution in [0.15, 0.2) is 59.8 Å². The third-order valence-corrected chi connectivity index (χ3v) is 10.4. The number of ether oxygens (including phenoxy) is 2. The fraction of sp³-hybridized carbons (Fsp3) is 0.462. The van der Waals surface area contributed by atoms with Crippen molar-refractivity contribution in [2.45, 2.75) is 77.5 Å². The third kappa shape index (κ3) is 8.27. The SMILES string of the molecule is COC(=O)NC(C(=O)N1CCC[C@H]1c1ncc(-c2ccn(-c3ccc(-c4cnc([C@@H]5CCCN5C(=O)[C@@H](NC(=O)OC)C(C)C)[nH]4)cc3)c(=O)c2)[nH]1)C(C)C. The molecule has 2 aliphatic rings. The monoisotopic (exact) mass is 755 g/mol. The number of hydrogen-bond acceptors (Lipinski definition) is 9. The summed E-state index contributed by atoms with van der Waals surface area (Å²) < 4.78 is 11.0. The van der Waals surface area contributed by atoms with Gasteiger partial charge < -0.3 is 39.9 Å². The van der Waals surface area contributed by atoms with Crippen LogP contribution in [0.4, 0.5) is 9.59 Å². The second kappa shape index (κ2) is 16.6. The Morgan fingerprint density at radius 3 is 1.64 bits per heavy atom. The van der Waals surface area contributed by atoms with Crippen molar-refractivity contribution >= 4 is 24.0 Å². The van der Waals surface area contributed by atoms with Gasteiger partial charge in [0.1, 0.15) is 23.7 Å². The van der Waals surface area contributed by atoms with Gasteiger partial charge in [-0.3, -0.25) is 19.0 Å². The molecule has 4 amide bonds. The third-order valence-electron chi connectivity index (χ3n) is 10.4. The van der Waals surface area contributed by atoms with Crippen LogP contribution in [0.2, 0.25) is 0 Å². The standard InChI is InChI=1S/C39H49N9O7/c1-22(2)32(44-38(52)54-5)36(50)47-16-7-9-29(47)34-40-20-27(42-34)24-11-13-26(14-12-24)46-18-15-25(19-31(46)49)28-21-41-35(43-28)30-10-8-17-48(30)37(51)33(23(3)4)45-39(53)55-6/h11-15,18-23,29-30,32-33H,7-10,16-17H2,1-6H3,(H,40,42)(H,41,43)(H,44,52)(H,45,53)/t29-,30-,32-,33?/m0/s1. The average Bonchev–Trinajstić information content (AvgIpc) is 4.02. The van der Waals surface area contributed by atoms with E-state index in [9.17, 15) is 24.0 Å². The van der Waals surface area contributed by atoms with E-state index in [4.69, 9.17) is 9.47 Å². The molecule has 16 heteroatoms. The molecule has 4 aromatic rings. The van der Waals surface area contributed by atoms with E-state index in [0.717, 1.165) is 30.5 Å². The van der Waals surface area contributed by atoms with Crippen molar-refractivity contribution in [1.82, 2.24) is 44.9 Å². The first-order chi connectivity index (χ1) is 26.4. The molecule has 16 nitrogen and oxygen atoms in total. The largest absolute Gasteiger partial charge is 0.453 e. The summed E-state index contributed by atoms with van der Waals surface area (Å²) in [5, 5.41) is 5.33. The van der Waals surface area contributed by atoms with E-state index in [1.807, 2.05) is 58.0 Å². The smallest absolute Gasteiger partial charge is 0.407 e. The summed E-state index contributed by atoms with van der Waals surface area (Å²) in [6.45, 7) is 8.60. The topological polar surface area (TPSA) is 197 Å². The molecule has 4 atom stereocenters. The minimum Gasteiger partial charge on any atom is -0.453 e. The van der Waals surface area contributed by atoms with E-state index in [1.165, 1.54) is 20.3 Å². The van der Waals surface area contributed by atoms with Crippen LogP contribution in [0.5, 0.6) is 0 Å². The molecule has 0 spiro atoms. The predicted octanol–water partition coefficient (Wildman–Crippen LogP) is 4.71. The number of likely N-dealkylation sites (tertiary alicyclic amines) is 2. The fourth-order valence-corrected chi connectivity index (χ4v) is 7.35. The Hall–Kier alpha value is -5.93. The minimum absolute atomic E-state index is 0.130. The van der Waals surface area contributed by atoms with E-state index >= 15 is 0 Å². The first-order valence-electron chi connectivity index (χ1n) is 18.6. The predicted molar refractivity (Wildman–Crippen MR) is 203 cm³/mol. The van der Waals surface area contributed by atoms with Crippen molar-refractivity contribution in [2.24, 2.45) is 11.8 Å². The highest BCUT2D eigenvalue weighted by molar-refractivity contribution is 5.87. The molecule has 6 rings (SSSR count). The molecule has 0 bridgehead atoms. The molecule has 4 N–H and O–H groups in total. The molecule has 2 aliphatic heterocycles. The number of rotatable bonds is 11. The second-order valence-corrected chi connectivity index (χ2v) is 14.6. The zero-order valence-corrected chi connectivity index (χ0v) is 32.0. The highest BCUT2D eigenvalue weighted by Crippen LogP contribution is 2.34. The van der Waals surface area contributed by atoms with Gasteiger partial charge in [0.05, 0.1) is 50.1 Å². The normalized spacial score (nSPS) is 18.0. The Morgan fingerprint density at radius 1 is 0.727 bits per heavy atom. The van der Waals surface area contributed by atoms with Gasteiger partial charge in [0, 0.05) is 36.6 Å². The van der Waals surface area contributed by atoms with Gasteiger partial charge in [-0.05, 0) is 61.3 Å². The van der Waals surface area contributed by atoms with Crippen molar-refractivity contribution in [3.05, 3.63) is 77.0 Å². The van der Waals surface area contributed by atoms with Crippen molar-refractivity contribution in [3.8, 4) is 28.2 Å². The van der Waals surface area contributed by atoms with Crippen LogP contribution in [0.1, 0.15) is 77.1 Å². The number of amides is 4. The summed E-state index contributed by atoms with van der Waals surface area (Å²) in [6.07, 6.45) is 6.88. The highest BCUT2D eigenvalue weighted by Gasteiger charge is 2.39. The van der Waals surface area contributed by atoms with Crippen LogP contribution in [0.3, 0.4) is 0 Å². The van der Waals surface area contributed by atoms with Crippen LogP contribution >= 0.6 is 0 Å². The summed E-state index contributed by atoms with van der Waals surface area (Å²) in [6, 6.07) is 8.89. The van der Waals surface area contributed by atoms with Gasteiger partial charge in [0.2, 0.25) is 11.8 Å². The number of alkyl carbamates (subject to hydrolysis) is 2. The van der Waals surface area contributed by atoms with E-state index in [1.54, 1.807) is 33.0 Å². The van der Waals surface area contributed by atoms with Crippen LogP contribution < -0.4 is 16.2 Å². The number of nitrogens with one attached hydrogen (secondary N) is 4. The molecular weight excluding hydrogens is 706 g/mol. The maximum absolute atomic E-state index is 13.5. The van der Waals surface area contributed by atoms with E-state index < -0.39 is 24.3 Å². The zero-order chi connectivity index (χ0) is 39.4. The molecule has 3 aromatic heterocycles. The molecular formula is C39H49N9O7. The number of hydrogen-bond donors (Lipinski definition) is 4. The Balaban J connectivity index is 1.13. The Kier molecular flexibility index (Phi) is 11.7. The summed E-state index contributed by atoms with van der Waals surface area (Å²) in [4.78, 5) is 83.7. The molecule has 1 aromatic carbocycles. The van der Waals surface area contributed by atoms with Crippen molar-refractivity contribution < 1.29 is 28.7 Å². The van der Waals surface area contributed by atoms with Crippen LogP contribution in [0, 0.1) is 11.8 Å². The number of carbonyl (C=O) groups is 4. The van der Waals surface area contributed by atoms with E-state index in [0.29, 0.717) is 48.1 Å². The summed E-state index contributed by atoms with van der Waals surface area (Å²) in [5.41, 5.74) is 3.39. The molecule has 0 aliphatic carbocycles. The average molecular weight is 756 g/mol. The van der Waals surface area contributed by atoms with Gasteiger partial charge in [-0.2, -0.15) is 0 Å². The number of carbonyl (C=O) groups excluding carboxylic acids is 4. The number of aromatic amines is 2. The maximum Gasteiger partial charge on any atom is 0.407 e. The van der Waals surface area contributed by atoms with Crippen LogP contribution in [-0.2, 0) is 19.1 Å². The highest BCUT2D eigenvalue weighted by atomic mass is 16.5. The van der Waals surface area contributed by atoms with E-state index in [-0.39, 0.29) is 41.3 Å². The van der Waals surface area contributed by atoms with Gasteiger partial charge >= 0.3 is 12.2 Å². The number of nitrogens with zero attached hydrogens (tertiary/aromatic N) is 5. The Labute approximate surface area is 319 Å². The van der Waals surface area contributed by atoms with Gasteiger partial charge in [-0.25, -0.2) is 19.6 Å². The van der Waals surface area contributed by atoms with Gasteiger partial charge in [0.25, 0.3) is 5.56 Å². The van der Waals surface area contributed by atoms with E-state index in [2.05, 4.69) is 30.6 Å². The Morgan fingerprint density at radius 2 is 1.20 bits per heavy atom.